The highest BCUT2D eigenvalue weighted by Gasteiger charge is 2.28. The van der Waals surface area contributed by atoms with E-state index < -0.39 is 0 Å². The molecule has 110 valence electrons. The van der Waals surface area contributed by atoms with Crippen LogP contribution in [0.5, 0.6) is 0 Å². The van der Waals surface area contributed by atoms with Gasteiger partial charge in [0, 0.05) is 32.5 Å². The smallest absolute Gasteiger partial charge is 0.224 e. The number of carbonyl (C=O) groups is 2. The number of aryl methyl sites for hydroxylation is 1. The molecule has 2 rings (SSSR count). The molecular formula is C13H20N4O2S. The maximum atomic E-state index is 12.1. The van der Waals surface area contributed by atoms with Gasteiger partial charge in [0.1, 0.15) is 10.0 Å². The molecule has 1 N–H and O–H groups in total. The Morgan fingerprint density at radius 3 is 2.95 bits per heavy atom. The molecule has 0 bridgehead atoms. The number of nitrogens with zero attached hydrogens (tertiary/aromatic N) is 3. The summed E-state index contributed by atoms with van der Waals surface area (Å²) in [6.45, 7) is 5.64. The summed E-state index contributed by atoms with van der Waals surface area (Å²) in [5.74, 6) is 0.113. The Labute approximate surface area is 122 Å². The molecule has 2 heterocycles. The second-order valence-corrected chi connectivity index (χ2v) is 6.19. The van der Waals surface area contributed by atoms with Gasteiger partial charge in [-0.1, -0.05) is 0 Å². The van der Waals surface area contributed by atoms with Gasteiger partial charge in [0.2, 0.25) is 11.8 Å². The van der Waals surface area contributed by atoms with Crippen molar-refractivity contribution in [1.82, 2.24) is 20.4 Å². The summed E-state index contributed by atoms with van der Waals surface area (Å²) in [7, 11) is 0. The minimum absolute atomic E-state index is 0.0391. The largest absolute Gasteiger partial charge is 0.355 e. The zero-order valence-electron chi connectivity index (χ0n) is 11.9. The van der Waals surface area contributed by atoms with Gasteiger partial charge in [-0.15, -0.1) is 21.5 Å². The van der Waals surface area contributed by atoms with Crippen LogP contribution in [0.25, 0.3) is 0 Å². The fourth-order valence-electron chi connectivity index (χ4n) is 2.31. The molecule has 0 aliphatic carbocycles. The van der Waals surface area contributed by atoms with Crippen LogP contribution >= 0.6 is 11.3 Å². The molecule has 1 aromatic rings. The number of likely N-dealkylation sites (tertiary alicyclic amines) is 1. The molecule has 1 unspecified atom stereocenters. The lowest BCUT2D eigenvalue weighted by molar-refractivity contribution is -0.138. The van der Waals surface area contributed by atoms with Gasteiger partial charge in [-0.05, 0) is 20.3 Å². The van der Waals surface area contributed by atoms with Crippen LogP contribution in [-0.4, -0.2) is 46.5 Å². The van der Waals surface area contributed by atoms with Gasteiger partial charge in [-0.25, -0.2) is 0 Å². The Kier molecular flexibility index (Phi) is 5.05. The summed E-state index contributed by atoms with van der Waals surface area (Å²) in [6.07, 6.45) is 1.83. The van der Waals surface area contributed by atoms with E-state index in [1.165, 1.54) is 0 Å². The van der Waals surface area contributed by atoms with Crippen molar-refractivity contribution < 1.29 is 9.59 Å². The van der Waals surface area contributed by atoms with E-state index in [0.717, 1.165) is 10.0 Å². The Hall–Kier alpha value is -1.50. The first-order valence-electron chi connectivity index (χ1n) is 6.94. The van der Waals surface area contributed by atoms with Gasteiger partial charge < -0.3 is 10.2 Å². The van der Waals surface area contributed by atoms with Crippen LogP contribution in [0.1, 0.15) is 29.8 Å². The number of nitrogens with one attached hydrogen (secondary N) is 1. The minimum Gasteiger partial charge on any atom is -0.355 e. The summed E-state index contributed by atoms with van der Waals surface area (Å²) < 4.78 is 0. The summed E-state index contributed by atoms with van der Waals surface area (Å²) in [6, 6.07) is 0. The van der Waals surface area contributed by atoms with Crippen molar-refractivity contribution in [3.05, 3.63) is 10.0 Å². The van der Waals surface area contributed by atoms with Crippen LogP contribution in [0.3, 0.4) is 0 Å². The summed E-state index contributed by atoms with van der Waals surface area (Å²) in [4.78, 5) is 25.4. The third-order valence-electron chi connectivity index (χ3n) is 3.46. The fraction of sp³-hybridized carbons (Fsp3) is 0.692. The standard InChI is InChI=1S/C13H20N4O2S/c1-3-17-8-10(4-5-12(17)18)13(19)14-7-6-11-16-15-9(2)20-11/h10H,3-8H2,1-2H3,(H,14,19). The van der Waals surface area contributed by atoms with Crippen LogP contribution in [-0.2, 0) is 16.0 Å². The van der Waals surface area contributed by atoms with Crippen LogP contribution in [0.4, 0.5) is 0 Å². The number of hydrogen-bond acceptors (Lipinski definition) is 5. The van der Waals surface area contributed by atoms with Crippen molar-refractivity contribution >= 4 is 23.2 Å². The molecule has 1 saturated heterocycles. The van der Waals surface area contributed by atoms with Gasteiger partial charge in [0.15, 0.2) is 0 Å². The molecule has 0 spiro atoms. The van der Waals surface area contributed by atoms with E-state index >= 15 is 0 Å². The van der Waals surface area contributed by atoms with Crippen LogP contribution < -0.4 is 5.32 Å². The lowest BCUT2D eigenvalue weighted by atomic mass is 9.96. The van der Waals surface area contributed by atoms with Crippen molar-refractivity contribution in [2.75, 3.05) is 19.6 Å². The van der Waals surface area contributed by atoms with E-state index in [9.17, 15) is 9.59 Å². The zero-order valence-corrected chi connectivity index (χ0v) is 12.7. The predicted molar refractivity (Wildman–Crippen MR) is 76.3 cm³/mol. The molecule has 0 aromatic carbocycles. The average molecular weight is 296 g/mol. The van der Waals surface area contributed by atoms with Crippen molar-refractivity contribution in [3.63, 3.8) is 0 Å². The first-order valence-corrected chi connectivity index (χ1v) is 7.76. The summed E-state index contributed by atoms with van der Waals surface area (Å²) in [5.41, 5.74) is 0. The maximum absolute atomic E-state index is 12.1. The van der Waals surface area contributed by atoms with Gasteiger partial charge >= 0.3 is 0 Å². The van der Waals surface area contributed by atoms with E-state index in [4.69, 9.17) is 0 Å². The van der Waals surface area contributed by atoms with Crippen LogP contribution in [0, 0.1) is 12.8 Å². The summed E-state index contributed by atoms with van der Waals surface area (Å²) in [5, 5.41) is 12.8. The van der Waals surface area contributed by atoms with Gasteiger partial charge in [-0.3, -0.25) is 9.59 Å². The lowest BCUT2D eigenvalue weighted by Crippen LogP contribution is -2.45. The van der Waals surface area contributed by atoms with E-state index in [1.807, 2.05) is 13.8 Å². The molecule has 20 heavy (non-hydrogen) atoms. The lowest BCUT2D eigenvalue weighted by Gasteiger charge is -2.30. The SMILES string of the molecule is CCN1CC(C(=O)NCCc2nnc(C)s2)CCC1=O. The predicted octanol–water partition coefficient (Wildman–Crippen LogP) is 0.764. The van der Waals surface area contributed by atoms with Crippen LogP contribution in [0.2, 0.25) is 0 Å². The Morgan fingerprint density at radius 1 is 1.50 bits per heavy atom. The zero-order chi connectivity index (χ0) is 14.5. The Morgan fingerprint density at radius 2 is 2.30 bits per heavy atom. The summed E-state index contributed by atoms with van der Waals surface area (Å²) >= 11 is 1.55. The molecule has 1 aliphatic rings. The highest BCUT2D eigenvalue weighted by atomic mass is 32.1. The number of rotatable bonds is 5. The van der Waals surface area contributed by atoms with Crippen molar-refractivity contribution in [1.29, 1.82) is 0 Å². The Bertz CT molecular complexity index is 488. The number of carbonyl (C=O) groups excluding carboxylic acids is 2. The quantitative estimate of drug-likeness (QED) is 0.870. The third kappa shape index (κ3) is 3.75. The van der Waals surface area contributed by atoms with Gasteiger partial charge in [0.05, 0.1) is 5.92 Å². The maximum Gasteiger partial charge on any atom is 0.224 e. The highest BCUT2D eigenvalue weighted by molar-refractivity contribution is 7.11. The molecule has 7 heteroatoms. The number of piperidine rings is 1. The van der Waals surface area contributed by atoms with E-state index in [0.29, 0.717) is 38.9 Å². The van der Waals surface area contributed by atoms with E-state index in [-0.39, 0.29) is 17.7 Å². The second kappa shape index (κ2) is 6.78. The van der Waals surface area contributed by atoms with Gasteiger partial charge in [0.25, 0.3) is 0 Å². The van der Waals surface area contributed by atoms with Gasteiger partial charge in [-0.2, -0.15) is 0 Å². The molecule has 2 amide bonds. The minimum atomic E-state index is -0.0798. The molecule has 0 saturated carbocycles. The number of aromatic nitrogens is 2. The third-order valence-corrected chi connectivity index (χ3v) is 4.36. The van der Waals surface area contributed by atoms with Crippen LogP contribution in [0.15, 0.2) is 0 Å². The monoisotopic (exact) mass is 296 g/mol. The fourth-order valence-corrected chi connectivity index (χ4v) is 3.02. The number of hydrogen-bond donors (Lipinski definition) is 1. The molecule has 1 aliphatic heterocycles. The van der Waals surface area contributed by atoms with E-state index in [1.54, 1.807) is 16.2 Å². The first-order chi connectivity index (χ1) is 9.60. The van der Waals surface area contributed by atoms with Crippen molar-refractivity contribution in [3.8, 4) is 0 Å². The first kappa shape index (κ1) is 14.9. The van der Waals surface area contributed by atoms with Crippen molar-refractivity contribution in [2.24, 2.45) is 5.92 Å². The number of amides is 2. The van der Waals surface area contributed by atoms with E-state index in [2.05, 4.69) is 15.5 Å². The molecule has 1 atom stereocenters. The Balaban J connectivity index is 1.76. The molecular weight excluding hydrogens is 276 g/mol. The average Bonchev–Trinajstić information content (AvgIpc) is 2.85. The molecule has 1 fully saturated rings. The molecule has 0 radical (unpaired) electrons. The van der Waals surface area contributed by atoms with Crippen molar-refractivity contribution in [2.45, 2.75) is 33.1 Å². The normalized spacial score (nSPS) is 19.2. The second-order valence-electron chi connectivity index (χ2n) is 4.92. The topological polar surface area (TPSA) is 75.2 Å². The molecule has 1 aromatic heterocycles. The molecule has 6 nitrogen and oxygen atoms in total. The highest BCUT2D eigenvalue weighted by Crippen LogP contribution is 2.17.